The second-order valence-corrected chi connectivity index (χ2v) is 3.53. The number of aliphatic hydroxyl groups is 1. The van der Waals surface area contributed by atoms with Gasteiger partial charge in [-0.15, -0.1) is 0 Å². The fourth-order valence-corrected chi connectivity index (χ4v) is 1.03. The lowest BCUT2D eigenvalue weighted by Crippen LogP contribution is -2.39. The molecular weight excluding hydrogens is 236 g/mol. The largest absolute Gasteiger partial charge is 0.390 e. The van der Waals surface area contributed by atoms with Gasteiger partial charge in [-0.2, -0.15) is 4.98 Å². The number of carbonyl (C=O) groups excluding carboxylic acids is 1. The van der Waals surface area contributed by atoms with Crippen LogP contribution in [0.25, 0.3) is 0 Å². The molecule has 1 heterocycles. The normalized spacial score (nSPS) is 11.5. The number of aryl methyl sites for hydroxylation is 2. The third-order valence-electron chi connectivity index (χ3n) is 1.91. The Morgan fingerprint density at radius 1 is 1.59 bits per heavy atom. The SMILES string of the molecule is Cc1noc(CCC(=O)NCC(F)(F)CO)n1. The van der Waals surface area contributed by atoms with E-state index in [1.807, 2.05) is 5.32 Å². The summed E-state index contributed by atoms with van der Waals surface area (Å²) in [6.07, 6.45) is 0.167. The number of rotatable bonds is 6. The summed E-state index contributed by atoms with van der Waals surface area (Å²) >= 11 is 0. The molecule has 1 aromatic heterocycles. The summed E-state index contributed by atoms with van der Waals surface area (Å²) in [5, 5.41) is 13.8. The molecule has 2 N–H and O–H groups in total. The van der Waals surface area contributed by atoms with Crippen molar-refractivity contribution < 1.29 is 23.2 Å². The number of carbonyl (C=O) groups is 1. The van der Waals surface area contributed by atoms with Gasteiger partial charge < -0.3 is 14.9 Å². The van der Waals surface area contributed by atoms with Crippen molar-refractivity contribution in [3.8, 4) is 0 Å². The molecule has 0 aliphatic carbocycles. The molecule has 96 valence electrons. The molecule has 0 bridgehead atoms. The first-order valence-corrected chi connectivity index (χ1v) is 4.97. The Morgan fingerprint density at radius 3 is 2.82 bits per heavy atom. The molecule has 0 aliphatic rings. The quantitative estimate of drug-likeness (QED) is 0.744. The van der Waals surface area contributed by atoms with E-state index in [1.165, 1.54) is 0 Å². The molecule has 0 spiro atoms. The molecule has 8 heteroatoms. The average Bonchev–Trinajstić information content (AvgIpc) is 2.70. The maximum Gasteiger partial charge on any atom is 0.287 e. The Balaban J connectivity index is 2.26. The molecule has 17 heavy (non-hydrogen) atoms. The molecule has 0 fully saturated rings. The van der Waals surface area contributed by atoms with Crippen LogP contribution in [0.1, 0.15) is 18.1 Å². The molecule has 1 amide bonds. The first kappa shape index (κ1) is 13.5. The van der Waals surface area contributed by atoms with E-state index in [1.54, 1.807) is 6.92 Å². The van der Waals surface area contributed by atoms with Crippen LogP contribution in [0.3, 0.4) is 0 Å². The zero-order chi connectivity index (χ0) is 12.9. The first-order valence-electron chi connectivity index (χ1n) is 4.97. The molecule has 0 saturated carbocycles. The number of halogens is 2. The summed E-state index contributed by atoms with van der Waals surface area (Å²) in [7, 11) is 0. The maximum atomic E-state index is 12.6. The van der Waals surface area contributed by atoms with Crippen LogP contribution >= 0.6 is 0 Å². The van der Waals surface area contributed by atoms with Gasteiger partial charge in [-0.1, -0.05) is 5.16 Å². The third-order valence-corrected chi connectivity index (χ3v) is 1.91. The smallest absolute Gasteiger partial charge is 0.287 e. The number of alkyl halides is 2. The second kappa shape index (κ2) is 5.67. The van der Waals surface area contributed by atoms with Crippen LogP contribution in [-0.2, 0) is 11.2 Å². The molecule has 0 unspecified atom stereocenters. The van der Waals surface area contributed by atoms with Crippen molar-refractivity contribution in [1.82, 2.24) is 15.5 Å². The summed E-state index contributed by atoms with van der Waals surface area (Å²) in [6, 6.07) is 0. The second-order valence-electron chi connectivity index (χ2n) is 3.53. The van der Waals surface area contributed by atoms with Gasteiger partial charge in [0, 0.05) is 12.8 Å². The van der Waals surface area contributed by atoms with Crippen LogP contribution in [0.5, 0.6) is 0 Å². The van der Waals surface area contributed by atoms with E-state index in [0.717, 1.165) is 0 Å². The molecule has 0 saturated heterocycles. The predicted molar refractivity (Wildman–Crippen MR) is 52.4 cm³/mol. The van der Waals surface area contributed by atoms with Gasteiger partial charge in [-0.25, -0.2) is 8.78 Å². The highest BCUT2D eigenvalue weighted by atomic mass is 19.3. The number of hydrogen-bond acceptors (Lipinski definition) is 5. The van der Waals surface area contributed by atoms with Crippen molar-refractivity contribution in [3.63, 3.8) is 0 Å². The molecule has 6 nitrogen and oxygen atoms in total. The average molecular weight is 249 g/mol. The Kier molecular flexibility index (Phi) is 4.50. The van der Waals surface area contributed by atoms with E-state index in [-0.39, 0.29) is 18.7 Å². The van der Waals surface area contributed by atoms with Crippen LogP contribution < -0.4 is 5.32 Å². The number of nitrogens with one attached hydrogen (secondary N) is 1. The Morgan fingerprint density at radius 2 is 2.29 bits per heavy atom. The maximum absolute atomic E-state index is 12.6. The van der Waals surface area contributed by atoms with Crippen molar-refractivity contribution in [1.29, 1.82) is 0 Å². The van der Waals surface area contributed by atoms with Crippen molar-refractivity contribution in [2.24, 2.45) is 0 Å². The van der Waals surface area contributed by atoms with Crippen LogP contribution in [-0.4, -0.2) is 40.2 Å². The molecule has 0 atom stereocenters. The predicted octanol–water partition coefficient (Wildman–Crippen LogP) is 0.0544. The van der Waals surface area contributed by atoms with Crippen molar-refractivity contribution in [2.75, 3.05) is 13.2 Å². The number of nitrogens with zero attached hydrogens (tertiary/aromatic N) is 2. The molecule has 0 aromatic carbocycles. The highest BCUT2D eigenvalue weighted by molar-refractivity contribution is 5.76. The minimum Gasteiger partial charge on any atom is -0.390 e. The first-order chi connectivity index (χ1) is 7.93. The minimum absolute atomic E-state index is 0.0247. The summed E-state index contributed by atoms with van der Waals surface area (Å²) in [5.41, 5.74) is 0. The van der Waals surface area contributed by atoms with Crippen molar-refractivity contribution in [2.45, 2.75) is 25.7 Å². The van der Waals surface area contributed by atoms with E-state index in [0.29, 0.717) is 5.82 Å². The number of aromatic nitrogens is 2. The van der Waals surface area contributed by atoms with E-state index in [2.05, 4.69) is 10.1 Å². The number of hydrogen-bond donors (Lipinski definition) is 2. The summed E-state index contributed by atoms with van der Waals surface area (Å²) in [6.45, 7) is -0.545. The molecule has 0 radical (unpaired) electrons. The van der Waals surface area contributed by atoms with Gasteiger partial charge in [0.1, 0.15) is 6.61 Å². The Bertz CT molecular complexity index is 381. The van der Waals surface area contributed by atoms with E-state index in [4.69, 9.17) is 9.63 Å². The third kappa shape index (κ3) is 4.85. The summed E-state index contributed by atoms with van der Waals surface area (Å²) < 4.78 is 29.9. The van der Waals surface area contributed by atoms with Crippen LogP contribution in [0.4, 0.5) is 8.78 Å². The van der Waals surface area contributed by atoms with Crippen molar-refractivity contribution >= 4 is 5.91 Å². The lowest BCUT2D eigenvalue weighted by molar-refractivity contribution is -0.124. The lowest BCUT2D eigenvalue weighted by Gasteiger charge is -2.13. The highest BCUT2D eigenvalue weighted by Crippen LogP contribution is 2.09. The molecular formula is C9H13F2N3O3. The fourth-order valence-electron chi connectivity index (χ4n) is 1.03. The lowest BCUT2D eigenvalue weighted by atomic mass is 10.3. The van der Waals surface area contributed by atoms with Crippen LogP contribution in [0.2, 0.25) is 0 Å². The van der Waals surface area contributed by atoms with Gasteiger partial charge in [0.05, 0.1) is 6.54 Å². The Hall–Kier alpha value is -1.57. The molecule has 0 aliphatic heterocycles. The summed E-state index contributed by atoms with van der Waals surface area (Å²) in [5.74, 6) is -3.12. The van der Waals surface area contributed by atoms with E-state index < -0.39 is 25.0 Å². The number of amides is 1. The van der Waals surface area contributed by atoms with E-state index in [9.17, 15) is 13.6 Å². The topological polar surface area (TPSA) is 88.2 Å². The standard InChI is InChI=1S/C9H13F2N3O3/c1-6-13-8(17-14-6)3-2-7(16)12-4-9(10,11)5-15/h15H,2-5H2,1H3,(H,12,16). The zero-order valence-corrected chi connectivity index (χ0v) is 9.24. The van der Waals surface area contributed by atoms with Crippen LogP contribution in [0.15, 0.2) is 4.52 Å². The van der Waals surface area contributed by atoms with Gasteiger partial charge in [-0.05, 0) is 6.92 Å². The highest BCUT2D eigenvalue weighted by Gasteiger charge is 2.28. The van der Waals surface area contributed by atoms with Gasteiger partial charge in [0.25, 0.3) is 5.92 Å². The fraction of sp³-hybridized carbons (Fsp3) is 0.667. The van der Waals surface area contributed by atoms with Gasteiger partial charge >= 0.3 is 0 Å². The van der Waals surface area contributed by atoms with Crippen molar-refractivity contribution in [3.05, 3.63) is 11.7 Å². The number of aliphatic hydroxyl groups excluding tert-OH is 1. The van der Waals surface area contributed by atoms with Gasteiger partial charge in [0.15, 0.2) is 5.82 Å². The van der Waals surface area contributed by atoms with Crippen LogP contribution in [0, 0.1) is 6.92 Å². The Labute approximate surface area is 96.0 Å². The van der Waals surface area contributed by atoms with E-state index >= 15 is 0 Å². The van der Waals surface area contributed by atoms with Gasteiger partial charge in [0.2, 0.25) is 11.8 Å². The minimum atomic E-state index is -3.29. The van der Waals surface area contributed by atoms with Gasteiger partial charge in [-0.3, -0.25) is 4.79 Å². The summed E-state index contributed by atoms with van der Waals surface area (Å²) in [4.78, 5) is 15.0. The molecule has 1 aromatic rings. The zero-order valence-electron chi connectivity index (χ0n) is 9.24. The monoisotopic (exact) mass is 249 g/mol. The molecule has 1 rings (SSSR count).